The van der Waals surface area contributed by atoms with Gasteiger partial charge in [0, 0.05) is 18.3 Å². The summed E-state index contributed by atoms with van der Waals surface area (Å²) in [6, 6.07) is 8.79. The van der Waals surface area contributed by atoms with E-state index < -0.39 is 0 Å². The third-order valence-corrected chi connectivity index (χ3v) is 4.50. The maximum Gasteiger partial charge on any atom is 0.241 e. The molecule has 0 unspecified atom stereocenters. The van der Waals surface area contributed by atoms with Gasteiger partial charge in [0.05, 0.1) is 6.54 Å². The average Bonchev–Trinajstić information content (AvgIpc) is 2.92. The predicted molar refractivity (Wildman–Crippen MR) is 81.0 cm³/mol. The number of hydrogen-bond donors (Lipinski definition) is 1. The van der Waals surface area contributed by atoms with E-state index in [4.69, 9.17) is 0 Å². The van der Waals surface area contributed by atoms with Gasteiger partial charge in [0.25, 0.3) is 0 Å². The molecule has 1 aromatic carbocycles. The van der Waals surface area contributed by atoms with Crippen molar-refractivity contribution in [3.8, 4) is 0 Å². The fourth-order valence-electron chi connectivity index (χ4n) is 3.27. The van der Waals surface area contributed by atoms with Crippen LogP contribution in [0.2, 0.25) is 0 Å². The minimum atomic E-state index is 0.232. The van der Waals surface area contributed by atoms with E-state index in [2.05, 4.69) is 29.4 Å². The van der Waals surface area contributed by atoms with Gasteiger partial charge in [-0.25, -0.2) is 0 Å². The number of carbonyl (C=O) groups excluding carboxylic acids is 1. The molecule has 1 N–H and O–H groups in total. The lowest BCUT2D eigenvalue weighted by Crippen LogP contribution is -2.46. The van der Waals surface area contributed by atoms with E-state index in [0.717, 1.165) is 44.6 Å². The lowest BCUT2D eigenvalue weighted by Gasteiger charge is -2.32. The van der Waals surface area contributed by atoms with E-state index in [1.807, 2.05) is 17.0 Å². The largest absolute Gasteiger partial charge is 0.317 e. The summed E-state index contributed by atoms with van der Waals surface area (Å²) in [6.07, 6.45) is 3.26. The number of anilines is 1. The molecule has 0 radical (unpaired) electrons. The number of likely N-dealkylation sites (N-methyl/N-ethyl adjacent to an activating group) is 1. The second-order valence-electron chi connectivity index (χ2n) is 5.82. The molecule has 0 saturated carbocycles. The highest BCUT2D eigenvalue weighted by Crippen LogP contribution is 2.27. The number of benzene rings is 1. The lowest BCUT2D eigenvalue weighted by atomic mass is 10.1. The molecule has 0 aromatic heterocycles. The number of rotatable bonds is 3. The standard InChI is InChI=1S/C16H23N3O/c1-18(14-6-9-17-10-7-14)12-16(20)19-11-8-13-4-2-3-5-15(13)19/h2-5,14,17H,6-12H2,1H3. The molecule has 3 rings (SSSR count). The topological polar surface area (TPSA) is 35.6 Å². The van der Waals surface area contributed by atoms with Gasteiger partial charge < -0.3 is 10.2 Å². The maximum absolute atomic E-state index is 12.5. The zero-order chi connectivity index (χ0) is 13.9. The smallest absolute Gasteiger partial charge is 0.241 e. The number of fused-ring (bicyclic) bond motifs is 1. The van der Waals surface area contributed by atoms with Gasteiger partial charge in [0.2, 0.25) is 5.91 Å². The Hall–Kier alpha value is -1.39. The molecule has 0 aliphatic carbocycles. The van der Waals surface area contributed by atoms with Crippen LogP contribution in [0.5, 0.6) is 0 Å². The summed E-state index contributed by atoms with van der Waals surface area (Å²) in [6.45, 7) is 3.49. The van der Waals surface area contributed by atoms with Crippen LogP contribution < -0.4 is 10.2 Å². The molecule has 4 nitrogen and oxygen atoms in total. The van der Waals surface area contributed by atoms with E-state index >= 15 is 0 Å². The van der Waals surface area contributed by atoms with Crippen molar-refractivity contribution < 1.29 is 4.79 Å². The Balaban J connectivity index is 1.62. The maximum atomic E-state index is 12.5. The lowest BCUT2D eigenvalue weighted by molar-refractivity contribution is -0.119. The Morgan fingerprint density at radius 3 is 2.90 bits per heavy atom. The van der Waals surface area contributed by atoms with Crippen LogP contribution in [0.25, 0.3) is 0 Å². The molecule has 0 spiro atoms. The van der Waals surface area contributed by atoms with Gasteiger partial charge in [-0.1, -0.05) is 18.2 Å². The first-order valence-electron chi connectivity index (χ1n) is 7.55. The number of piperidine rings is 1. The molecule has 2 heterocycles. The summed E-state index contributed by atoms with van der Waals surface area (Å²) in [5.41, 5.74) is 2.40. The van der Waals surface area contributed by atoms with Gasteiger partial charge in [-0.3, -0.25) is 9.69 Å². The van der Waals surface area contributed by atoms with Gasteiger partial charge in [0.1, 0.15) is 0 Å². The number of nitrogens with zero attached hydrogens (tertiary/aromatic N) is 2. The van der Waals surface area contributed by atoms with E-state index in [0.29, 0.717) is 12.6 Å². The third-order valence-electron chi connectivity index (χ3n) is 4.50. The second-order valence-corrected chi connectivity index (χ2v) is 5.82. The summed E-state index contributed by atoms with van der Waals surface area (Å²) in [5, 5.41) is 3.37. The van der Waals surface area contributed by atoms with Gasteiger partial charge >= 0.3 is 0 Å². The molecule has 1 fully saturated rings. The fraction of sp³-hybridized carbons (Fsp3) is 0.562. The van der Waals surface area contributed by atoms with Crippen molar-refractivity contribution in [1.29, 1.82) is 0 Å². The molecule has 20 heavy (non-hydrogen) atoms. The molecule has 2 aliphatic rings. The number of hydrogen-bond acceptors (Lipinski definition) is 3. The molecule has 2 aliphatic heterocycles. The van der Waals surface area contributed by atoms with Gasteiger partial charge in [-0.2, -0.15) is 0 Å². The molecular formula is C16H23N3O. The number of amides is 1. The van der Waals surface area contributed by atoms with Crippen LogP contribution in [0.1, 0.15) is 18.4 Å². The van der Waals surface area contributed by atoms with Crippen LogP contribution >= 0.6 is 0 Å². The Morgan fingerprint density at radius 2 is 2.10 bits per heavy atom. The predicted octanol–water partition coefficient (Wildman–Crippen LogP) is 1.26. The Labute approximate surface area is 120 Å². The number of nitrogens with one attached hydrogen (secondary N) is 1. The van der Waals surface area contributed by atoms with E-state index in [9.17, 15) is 4.79 Å². The van der Waals surface area contributed by atoms with Gasteiger partial charge in [0.15, 0.2) is 0 Å². The SMILES string of the molecule is CN(CC(=O)N1CCc2ccccc21)C1CCNCC1. The van der Waals surface area contributed by atoms with Crippen molar-refractivity contribution in [3.05, 3.63) is 29.8 Å². The number of para-hydroxylation sites is 1. The van der Waals surface area contributed by atoms with Gasteiger partial charge in [-0.15, -0.1) is 0 Å². The van der Waals surface area contributed by atoms with Crippen LogP contribution in [0.4, 0.5) is 5.69 Å². The highest BCUT2D eigenvalue weighted by Gasteiger charge is 2.26. The van der Waals surface area contributed by atoms with Crippen LogP contribution in [-0.2, 0) is 11.2 Å². The van der Waals surface area contributed by atoms with E-state index in [1.54, 1.807) is 0 Å². The Morgan fingerprint density at radius 1 is 1.35 bits per heavy atom. The molecule has 1 amide bonds. The first kappa shape index (κ1) is 13.6. The van der Waals surface area contributed by atoms with Crippen LogP contribution in [0.3, 0.4) is 0 Å². The summed E-state index contributed by atoms with van der Waals surface area (Å²) in [5.74, 6) is 0.232. The first-order valence-corrected chi connectivity index (χ1v) is 7.55. The van der Waals surface area contributed by atoms with Crippen molar-refractivity contribution in [1.82, 2.24) is 10.2 Å². The monoisotopic (exact) mass is 273 g/mol. The molecule has 4 heteroatoms. The van der Waals surface area contributed by atoms with Crippen LogP contribution in [0, 0.1) is 0 Å². The molecular weight excluding hydrogens is 250 g/mol. The zero-order valence-electron chi connectivity index (χ0n) is 12.1. The van der Waals surface area contributed by atoms with E-state index in [1.165, 1.54) is 5.56 Å². The molecule has 0 bridgehead atoms. The zero-order valence-corrected chi connectivity index (χ0v) is 12.1. The van der Waals surface area contributed by atoms with Crippen LogP contribution in [0.15, 0.2) is 24.3 Å². The summed E-state index contributed by atoms with van der Waals surface area (Å²) in [7, 11) is 2.08. The van der Waals surface area contributed by atoms with Crippen molar-refractivity contribution in [2.24, 2.45) is 0 Å². The van der Waals surface area contributed by atoms with Gasteiger partial charge in [-0.05, 0) is 51.0 Å². The molecule has 0 atom stereocenters. The Kier molecular flexibility index (Phi) is 4.03. The second kappa shape index (κ2) is 5.94. The minimum absolute atomic E-state index is 0.232. The minimum Gasteiger partial charge on any atom is -0.317 e. The van der Waals surface area contributed by atoms with Crippen molar-refractivity contribution >= 4 is 11.6 Å². The highest BCUT2D eigenvalue weighted by molar-refractivity contribution is 5.96. The summed E-state index contributed by atoms with van der Waals surface area (Å²) < 4.78 is 0. The highest BCUT2D eigenvalue weighted by atomic mass is 16.2. The Bertz CT molecular complexity index is 482. The summed E-state index contributed by atoms with van der Waals surface area (Å²) in [4.78, 5) is 16.7. The molecule has 1 aromatic rings. The van der Waals surface area contributed by atoms with Crippen molar-refractivity contribution in [3.63, 3.8) is 0 Å². The third kappa shape index (κ3) is 2.72. The average molecular weight is 273 g/mol. The van der Waals surface area contributed by atoms with Crippen LogP contribution in [-0.4, -0.2) is 50.1 Å². The van der Waals surface area contributed by atoms with E-state index in [-0.39, 0.29) is 5.91 Å². The fourth-order valence-corrected chi connectivity index (χ4v) is 3.27. The number of carbonyl (C=O) groups is 1. The first-order chi connectivity index (χ1) is 9.75. The summed E-state index contributed by atoms with van der Waals surface area (Å²) >= 11 is 0. The van der Waals surface area contributed by atoms with Crippen molar-refractivity contribution in [2.45, 2.75) is 25.3 Å². The molecule has 1 saturated heterocycles. The van der Waals surface area contributed by atoms with Crippen molar-refractivity contribution in [2.75, 3.05) is 38.1 Å². The molecule has 108 valence electrons. The normalized spacial score (nSPS) is 19.4. The quantitative estimate of drug-likeness (QED) is 0.900.